The average molecular weight is 286 g/mol. The molecule has 6 heteroatoms. The van der Waals surface area contributed by atoms with E-state index in [1.807, 2.05) is 0 Å². The van der Waals surface area contributed by atoms with Crippen molar-refractivity contribution in [3.05, 3.63) is 35.4 Å². The quantitative estimate of drug-likeness (QED) is 0.507. The molecule has 1 unspecified atom stereocenters. The highest BCUT2D eigenvalue weighted by atomic mass is 16.2. The Balaban J connectivity index is 2.00. The van der Waals surface area contributed by atoms with Crippen LogP contribution in [0.4, 0.5) is 0 Å². The lowest BCUT2D eigenvalue weighted by atomic mass is 10.1. The molecule has 3 amide bonds. The van der Waals surface area contributed by atoms with Gasteiger partial charge in [-0.3, -0.25) is 19.7 Å². The molecule has 1 aromatic carbocycles. The molecule has 0 bridgehead atoms. The largest absolute Gasteiger partial charge is 0.384 e. The summed E-state index contributed by atoms with van der Waals surface area (Å²) in [5.41, 5.74) is 1.08. The molecule has 1 aromatic rings. The lowest BCUT2D eigenvalue weighted by Crippen LogP contribution is -2.52. The Labute approximate surface area is 121 Å². The first-order valence-corrected chi connectivity index (χ1v) is 6.44. The monoisotopic (exact) mass is 286 g/mol. The van der Waals surface area contributed by atoms with Crippen molar-refractivity contribution in [3.63, 3.8) is 0 Å². The number of nitrogens with one attached hydrogen (secondary N) is 2. The second-order valence-electron chi connectivity index (χ2n) is 4.51. The Hall–Kier alpha value is -2.65. The van der Waals surface area contributed by atoms with E-state index in [1.54, 1.807) is 24.3 Å². The predicted molar refractivity (Wildman–Crippen MR) is 74.0 cm³/mol. The van der Waals surface area contributed by atoms with Gasteiger partial charge in [-0.15, -0.1) is 0 Å². The van der Waals surface area contributed by atoms with E-state index in [0.717, 1.165) is 0 Å². The molecule has 0 aromatic heterocycles. The first kappa shape index (κ1) is 14.8. The van der Waals surface area contributed by atoms with Gasteiger partial charge in [0.25, 0.3) is 5.91 Å². The summed E-state index contributed by atoms with van der Waals surface area (Å²) in [6.07, 6.45) is 0.517. The molecule has 0 spiro atoms. The maximum atomic E-state index is 12.0. The molecule has 0 radical (unpaired) electrons. The first-order chi connectivity index (χ1) is 10.1. The minimum absolute atomic E-state index is 0.215. The van der Waals surface area contributed by atoms with E-state index in [-0.39, 0.29) is 24.8 Å². The van der Waals surface area contributed by atoms with E-state index >= 15 is 0 Å². The third-order valence-electron chi connectivity index (χ3n) is 3.00. The summed E-state index contributed by atoms with van der Waals surface area (Å²) in [4.78, 5) is 34.6. The van der Waals surface area contributed by atoms with Gasteiger partial charge in [-0.25, -0.2) is 0 Å². The number of rotatable bonds is 2. The third-order valence-corrected chi connectivity index (χ3v) is 3.00. The summed E-state index contributed by atoms with van der Waals surface area (Å²) in [6, 6.07) is 5.79. The summed E-state index contributed by atoms with van der Waals surface area (Å²) in [5, 5.41) is 13.4. The van der Waals surface area contributed by atoms with Crippen molar-refractivity contribution in [2.45, 2.75) is 18.9 Å². The minimum atomic E-state index is -0.691. The van der Waals surface area contributed by atoms with Gasteiger partial charge in [0.15, 0.2) is 0 Å². The molecule has 1 heterocycles. The number of carbonyl (C=O) groups is 3. The maximum Gasteiger partial charge on any atom is 0.251 e. The Morgan fingerprint density at radius 1 is 1.33 bits per heavy atom. The summed E-state index contributed by atoms with van der Waals surface area (Å²) in [6.45, 7) is -0.224. The summed E-state index contributed by atoms with van der Waals surface area (Å²) >= 11 is 0. The highest BCUT2D eigenvalue weighted by molar-refractivity contribution is 6.03. The number of imide groups is 1. The Morgan fingerprint density at radius 3 is 2.67 bits per heavy atom. The fourth-order valence-corrected chi connectivity index (χ4v) is 1.92. The number of amides is 3. The van der Waals surface area contributed by atoms with Gasteiger partial charge in [-0.2, -0.15) is 0 Å². The predicted octanol–water partition coefficient (Wildman–Crippen LogP) is -0.435. The van der Waals surface area contributed by atoms with Crippen LogP contribution in [0, 0.1) is 11.8 Å². The van der Waals surface area contributed by atoms with Crippen molar-refractivity contribution in [1.29, 1.82) is 0 Å². The topological polar surface area (TPSA) is 95.5 Å². The summed E-state index contributed by atoms with van der Waals surface area (Å²) in [7, 11) is 0. The molecule has 1 fully saturated rings. The number of piperidine rings is 1. The molecule has 1 saturated heterocycles. The van der Waals surface area contributed by atoms with Crippen molar-refractivity contribution in [3.8, 4) is 11.8 Å². The van der Waals surface area contributed by atoms with Crippen LogP contribution in [-0.4, -0.2) is 35.5 Å². The van der Waals surface area contributed by atoms with Crippen LogP contribution < -0.4 is 10.6 Å². The van der Waals surface area contributed by atoms with Gasteiger partial charge >= 0.3 is 0 Å². The summed E-state index contributed by atoms with van der Waals surface area (Å²) < 4.78 is 0. The van der Waals surface area contributed by atoms with Crippen molar-refractivity contribution >= 4 is 17.7 Å². The van der Waals surface area contributed by atoms with E-state index in [1.165, 1.54) is 0 Å². The SMILES string of the molecule is O=C1CCC(NC(=O)c2ccc(C#CCO)cc2)C(=O)N1. The fraction of sp³-hybridized carbons (Fsp3) is 0.267. The number of benzene rings is 1. The standard InChI is InChI=1S/C15H14N2O4/c18-9-1-2-10-3-5-11(6-4-10)14(20)16-12-7-8-13(19)17-15(12)21/h3-6,12,18H,7-9H2,(H,16,20)(H,17,19,21). The van der Waals surface area contributed by atoms with Crippen LogP contribution in [0.5, 0.6) is 0 Å². The van der Waals surface area contributed by atoms with Crippen LogP contribution >= 0.6 is 0 Å². The number of hydrogen-bond acceptors (Lipinski definition) is 4. The minimum Gasteiger partial charge on any atom is -0.384 e. The molecule has 3 N–H and O–H groups in total. The van der Waals surface area contributed by atoms with Crippen LogP contribution in [0.15, 0.2) is 24.3 Å². The second kappa shape index (κ2) is 6.68. The molecular weight excluding hydrogens is 272 g/mol. The Bertz CT molecular complexity index is 625. The molecule has 6 nitrogen and oxygen atoms in total. The smallest absolute Gasteiger partial charge is 0.251 e. The Kier molecular flexibility index (Phi) is 4.69. The van der Waals surface area contributed by atoms with E-state index in [9.17, 15) is 14.4 Å². The fourth-order valence-electron chi connectivity index (χ4n) is 1.92. The van der Waals surface area contributed by atoms with Crippen LogP contribution in [0.25, 0.3) is 0 Å². The zero-order valence-corrected chi connectivity index (χ0v) is 11.2. The molecular formula is C15H14N2O4. The Morgan fingerprint density at radius 2 is 2.05 bits per heavy atom. The molecule has 1 aliphatic heterocycles. The summed E-state index contributed by atoms with van der Waals surface area (Å²) in [5.74, 6) is 4.04. The first-order valence-electron chi connectivity index (χ1n) is 6.44. The molecule has 2 rings (SSSR count). The van der Waals surface area contributed by atoms with Gasteiger partial charge in [0.2, 0.25) is 11.8 Å². The molecule has 0 aliphatic carbocycles. The average Bonchev–Trinajstić information content (AvgIpc) is 2.48. The van der Waals surface area contributed by atoms with Gasteiger partial charge in [-0.05, 0) is 30.7 Å². The molecule has 1 aliphatic rings. The number of hydrogen-bond donors (Lipinski definition) is 3. The lowest BCUT2D eigenvalue weighted by molar-refractivity contribution is -0.134. The van der Waals surface area contributed by atoms with Gasteiger partial charge in [0.05, 0.1) is 0 Å². The van der Waals surface area contributed by atoms with Crippen molar-refractivity contribution in [2.75, 3.05) is 6.61 Å². The van der Waals surface area contributed by atoms with E-state index in [2.05, 4.69) is 22.5 Å². The number of carbonyl (C=O) groups excluding carboxylic acids is 3. The maximum absolute atomic E-state index is 12.0. The van der Waals surface area contributed by atoms with Crippen LogP contribution in [0.3, 0.4) is 0 Å². The van der Waals surface area contributed by atoms with Gasteiger partial charge in [0.1, 0.15) is 12.6 Å². The normalized spacial score (nSPS) is 17.5. The molecule has 0 saturated carbocycles. The highest BCUT2D eigenvalue weighted by Crippen LogP contribution is 2.07. The van der Waals surface area contributed by atoms with Gasteiger partial charge in [-0.1, -0.05) is 11.8 Å². The highest BCUT2D eigenvalue weighted by Gasteiger charge is 2.27. The van der Waals surface area contributed by atoms with E-state index < -0.39 is 11.9 Å². The van der Waals surface area contributed by atoms with Crippen molar-refractivity contribution in [2.24, 2.45) is 0 Å². The number of aliphatic hydroxyl groups excluding tert-OH is 1. The third kappa shape index (κ3) is 3.91. The van der Waals surface area contributed by atoms with E-state index in [0.29, 0.717) is 17.5 Å². The molecule has 1 atom stereocenters. The number of aliphatic hydroxyl groups is 1. The zero-order valence-electron chi connectivity index (χ0n) is 11.2. The van der Waals surface area contributed by atoms with Gasteiger partial charge in [0, 0.05) is 17.5 Å². The van der Waals surface area contributed by atoms with Crippen molar-refractivity contribution in [1.82, 2.24) is 10.6 Å². The zero-order chi connectivity index (χ0) is 15.2. The molecule has 21 heavy (non-hydrogen) atoms. The van der Waals surface area contributed by atoms with Gasteiger partial charge < -0.3 is 10.4 Å². The van der Waals surface area contributed by atoms with Crippen LogP contribution in [0.2, 0.25) is 0 Å². The lowest BCUT2D eigenvalue weighted by Gasteiger charge is -2.21. The van der Waals surface area contributed by atoms with E-state index in [4.69, 9.17) is 5.11 Å². The van der Waals surface area contributed by atoms with Crippen molar-refractivity contribution < 1.29 is 19.5 Å². The van der Waals surface area contributed by atoms with Crippen LogP contribution in [-0.2, 0) is 9.59 Å². The van der Waals surface area contributed by atoms with Crippen LogP contribution in [0.1, 0.15) is 28.8 Å². The second-order valence-corrected chi connectivity index (χ2v) is 4.51. The molecule has 108 valence electrons.